The van der Waals surface area contributed by atoms with E-state index < -0.39 is 10.0 Å². The molecule has 0 radical (unpaired) electrons. The van der Waals surface area contributed by atoms with Gasteiger partial charge >= 0.3 is 0 Å². The van der Waals surface area contributed by atoms with Crippen LogP contribution >= 0.6 is 23.1 Å². The zero-order valence-corrected chi connectivity index (χ0v) is 17.2. The van der Waals surface area contributed by atoms with Crippen LogP contribution in [0.3, 0.4) is 0 Å². The minimum Gasteiger partial charge on any atom is -0.484 e. The molecule has 0 saturated heterocycles. The number of carbonyl (C=O) groups is 1. The smallest absolute Gasteiger partial charge is 0.264 e. The minimum atomic E-state index is -3.32. The van der Waals surface area contributed by atoms with E-state index in [1.807, 2.05) is 0 Å². The van der Waals surface area contributed by atoms with Crippen LogP contribution in [0.15, 0.2) is 28.6 Å². The molecule has 142 valence electrons. The molecule has 1 N–H and O–H groups in total. The normalized spacial score (nSPS) is 11.4. The first kappa shape index (κ1) is 20.5. The van der Waals surface area contributed by atoms with Gasteiger partial charge in [0.05, 0.1) is 11.9 Å². The van der Waals surface area contributed by atoms with Gasteiger partial charge in [-0.1, -0.05) is 36.9 Å². The molecule has 1 heterocycles. The van der Waals surface area contributed by atoms with Gasteiger partial charge in [-0.15, -0.1) is 10.2 Å². The topological polar surface area (TPSA) is 101 Å². The highest BCUT2D eigenvalue weighted by Gasteiger charge is 2.13. The maximum Gasteiger partial charge on any atom is 0.264 e. The predicted octanol–water partition coefficient (Wildman–Crippen LogP) is 2.45. The van der Waals surface area contributed by atoms with Crippen molar-refractivity contribution in [3.8, 4) is 5.75 Å². The molecular weight excluding hydrogens is 396 g/mol. The number of carbonyl (C=O) groups excluding carboxylic acids is 1. The average molecular weight is 417 g/mol. The number of aromatic nitrogens is 2. The van der Waals surface area contributed by atoms with Crippen molar-refractivity contribution in [2.45, 2.75) is 23.4 Å². The molecule has 2 rings (SSSR count). The van der Waals surface area contributed by atoms with Crippen LogP contribution in [0.1, 0.15) is 13.8 Å². The fraction of sp³-hybridized carbons (Fsp3) is 0.400. The number of benzene rings is 1. The third-order valence-electron chi connectivity index (χ3n) is 3.06. The van der Waals surface area contributed by atoms with E-state index in [2.05, 4.69) is 29.4 Å². The molecule has 0 bridgehead atoms. The highest BCUT2D eigenvalue weighted by molar-refractivity contribution is 8.01. The molecule has 11 heteroatoms. The van der Waals surface area contributed by atoms with Crippen LogP contribution in [0.25, 0.3) is 0 Å². The molecule has 0 aliphatic rings. The molecule has 0 aliphatic carbocycles. The average Bonchev–Trinajstić information content (AvgIpc) is 2.98. The molecule has 1 amide bonds. The molecule has 26 heavy (non-hydrogen) atoms. The monoisotopic (exact) mass is 416 g/mol. The van der Waals surface area contributed by atoms with Gasteiger partial charge in [-0.3, -0.25) is 14.4 Å². The summed E-state index contributed by atoms with van der Waals surface area (Å²) >= 11 is 2.89. The second-order valence-corrected chi connectivity index (χ2v) is 10.4. The van der Waals surface area contributed by atoms with Crippen molar-refractivity contribution in [1.29, 1.82) is 0 Å². The van der Waals surface area contributed by atoms with Gasteiger partial charge in [-0.2, -0.15) is 0 Å². The Labute approximate surface area is 161 Å². The van der Waals surface area contributed by atoms with E-state index in [4.69, 9.17) is 4.74 Å². The van der Waals surface area contributed by atoms with Gasteiger partial charge in [0.1, 0.15) is 5.75 Å². The van der Waals surface area contributed by atoms with E-state index in [1.165, 1.54) is 18.4 Å². The summed E-state index contributed by atoms with van der Waals surface area (Å²) in [6, 6.07) is 6.42. The number of amides is 1. The number of sulfonamides is 1. The van der Waals surface area contributed by atoms with E-state index in [0.717, 1.165) is 14.9 Å². The quantitative estimate of drug-likeness (QED) is 0.521. The van der Waals surface area contributed by atoms with E-state index in [1.54, 1.807) is 36.0 Å². The van der Waals surface area contributed by atoms with Crippen molar-refractivity contribution in [3.63, 3.8) is 0 Å². The van der Waals surface area contributed by atoms with Crippen molar-refractivity contribution >= 4 is 49.8 Å². The Hall–Kier alpha value is -1.85. The van der Waals surface area contributed by atoms with Gasteiger partial charge < -0.3 is 4.74 Å². The summed E-state index contributed by atoms with van der Waals surface area (Å²) in [4.78, 5) is 11.9. The third-order valence-corrected chi connectivity index (χ3v) is 6.19. The van der Waals surface area contributed by atoms with Crippen LogP contribution in [0.2, 0.25) is 0 Å². The van der Waals surface area contributed by atoms with Crippen molar-refractivity contribution in [2.24, 2.45) is 0 Å². The number of hydrogen-bond donors (Lipinski definition) is 1. The number of rotatable bonds is 8. The number of anilines is 2. The number of ether oxygens (including phenoxy) is 1. The Morgan fingerprint density at radius 3 is 2.54 bits per heavy atom. The summed E-state index contributed by atoms with van der Waals surface area (Å²) in [5, 5.41) is 11.4. The second kappa shape index (κ2) is 8.69. The highest BCUT2D eigenvalue weighted by Crippen LogP contribution is 2.28. The molecule has 8 nitrogen and oxygen atoms in total. The van der Waals surface area contributed by atoms with E-state index >= 15 is 0 Å². The molecule has 2 aromatic rings. The van der Waals surface area contributed by atoms with Gasteiger partial charge in [0, 0.05) is 12.3 Å². The molecule has 0 aliphatic heterocycles. The Bertz CT molecular complexity index is 850. The minimum absolute atomic E-state index is 0.187. The van der Waals surface area contributed by atoms with Gasteiger partial charge in [-0.25, -0.2) is 8.42 Å². The lowest BCUT2D eigenvalue weighted by molar-refractivity contribution is -0.118. The number of nitrogens with one attached hydrogen (secondary N) is 1. The zero-order valence-electron chi connectivity index (χ0n) is 14.8. The fourth-order valence-corrected chi connectivity index (χ4v) is 4.25. The van der Waals surface area contributed by atoms with E-state index in [9.17, 15) is 13.2 Å². The van der Waals surface area contributed by atoms with E-state index in [-0.39, 0.29) is 12.5 Å². The lowest BCUT2D eigenvalue weighted by Crippen LogP contribution is -2.24. The Morgan fingerprint density at radius 1 is 1.31 bits per heavy atom. The second-order valence-electron chi connectivity index (χ2n) is 5.60. The third kappa shape index (κ3) is 6.15. The summed E-state index contributed by atoms with van der Waals surface area (Å²) < 4.78 is 30.3. The predicted molar refractivity (Wildman–Crippen MR) is 105 cm³/mol. The van der Waals surface area contributed by atoms with Gasteiger partial charge in [0.15, 0.2) is 10.9 Å². The number of thioether (sulfide) groups is 1. The van der Waals surface area contributed by atoms with Crippen LogP contribution in [0, 0.1) is 0 Å². The van der Waals surface area contributed by atoms with Crippen LogP contribution in [-0.4, -0.2) is 49.7 Å². The first-order valence-electron chi connectivity index (χ1n) is 7.62. The Kier molecular flexibility index (Phi) is 6.84. The van der Waals surface area contributed by atoms with Gasteiger partial charge in [0.2, 0.25) is 15.2 Å². The summed E-state index contributed by atoms with van der Waals surface area (Å²) in [6.07, 6.45) is 1.13. The molecule has 0 saturated carbocycles. The highest BCUT2D eigenvalue weighted by atomic mass is 32.2. The molecule has 0 atom stereocenters. The molecule has 0 fully saturated rings. The van der Waals surface area contributed by atoms with Crippen molar-refractivity contribution < 1.29 is 17.9 Å². The number of hydrogen-bond acceptors (Lipinski definition) is 8. The number of nitrogens with zero attached hydrogens (tertiary/aromatic N) is 3. The lowest BCUT2D eigenvalue weighted by Gasteiger charge is -2.16. The van der Waals surface area contributed by atoms with Crippen molar-refractivity contribution in [3.05, 3.63) is 24.3 Å². The first-order chi connectivity index (χ1) is 12.1. The SMILES string of the molecule is CC(C)Sc1nnc(NC(=O)COc2ccc(N(C)S(C)(=O)=O)cc2)s1. The van der Waals surface area contributed by atoms with Crippen LogP contribution < -0.4 is 14.4 Å². The molecule has 0 unspecified atom stereocenters. The largest absolute Gasteiger partial charge is 0.484 e. The van der Waals surface area contributed by atoms with Gasteiger partial charge in [0.25, 0.3) is 5.91 Å². The maximum absolute atomic E-state index is 11.9. The lowest BCUT2D eigenvalue weighted by atomic mass is 10.3. The standard InChI is InChI=1S/C15H20N4O4S3/c1-10(2)24-15-18-17-14(25-15)16-13(20)9-23-12-7-5-11(6-8-12)19(3)26(4,21)22/h5-8,10H,9H2,1-4H3,(H,16,17,20). The van der Waals surface area contributed by atoms with Crippen LogP contribution in [0.5, 0.6) is 5.75 Å². The summed E-state index contributed by atoms with van der Waals surface area (Å²) in [6.45, 7) is 3.92. The molecule has 1 aromatic carbocycles. The maximum atomic E-state index is 11.9. The summed E-state index contributed by atoms with van der Waals surface area (Å²) in [5.41, 5.74) is 0.508. The fourth-order valence-electron chi connectivity index (χ4n) is 1.76. The van der Waals surface area contributed by atoms with Crippen LogP contribution in [-0.2, 0) is 14.8 Å². The van der Waals surface area contributed by atoms with Crippen LogP contribution in [0.4, 0.5) is 10.8 Å². The molecule has 1 aromatic heterocycles. The summed E-state index contributed by atoms with van der Waals surface area (Å²) in [7, 11) is -1.86. The van der Waals surface area contributed by atoms with Crippen molar-refractivity contribution in [1.82, 2.24) is 10.2 Å². The van der Waals surface area contributed by atoms with E-state index in [0.29, 0.717) is 21.8 Å². The molecular formula is C15H20N4O4S3. The zero-order chi connectivity index (χ0) is 19.3. The van der Waals surface area contributed by atoms with Gasteiger partial charge in [-0.05, 0) is 24.3 Å². The van der Waals surface area contributed by atoms with Crippen molar-refractivity contribution in [2.75, 3.05) is 29.5 Å². The Morgan fingerprint density at radius 2 is 1.96 bits per heavy atom. The summed E-state index contributed by atoms with van der Waals surface area (Å²) in [5.74, 6) is 0.110. The molecule has 0 spiro atoms. The Balaban J connectivity index is 1.86. The first-order valence-corrected chi connectivity index (χ1v) is 11.2.